The zero-order valence-corrected chi connectivity index (χ0v) is 19.5. The van der Waals surface area contributed by atoms with Crippen molar-refractivity contribution in [2.75, 3.05) is 12.3 Å². The highest BCUT2D eigenvalue weighted by molar-refractivity contribution is 6.00. The van der Waals surface area contributed by atoms with E-state index in [0.29, 0.717) is 30.4 Å². The summed E-state index contributed by atoms with van der Waals surface area (Å²) in [6.45, 7) is 0.784. The molecule has 3 aromatic heterocycles. The summed E-state index contributed by atoms with van der Waals surface area (Å²) < 4.78 is 11.3. The first-order chi connectivity index (χ1) is 17.5. The summed E-state index contributed by atoms with van der Waals surface area (Å²) in [5.74, 6) is -0.371. The van der Waals surface area contributed by atoms with Gasteiger partial charge in [-0.2, -0.15) is 0 Å². The van der Waals surface area contributed by atoms with Crippen molar-refractivity contribution in [3.05, 3.63) is 94.3 Å². The van der Waals surface area contributed by atoms with Gasteiger partial charge in [0.1, 0.15) is 29.5 Å². The summed E-state index contributed by atoms with van der Waals surface area (Å²) >= 11 is 0. The van der Waals surface area contributed by atoms with Crippen molar-refractivity contribution in [1.82, 2.24) is 23.9 Å². The number of hydrogen-bond donors (Lipinski definition) is 2. The van der Waals surface area contributed by atoms with Crippen LogP contribution in [0.25, 0.3) is 27.8 Å². The molecule has 1 atom stereocenters. The van der Waals surface area contributed by atoms with Crippen molar-refractivity contribution >= 4 is 22.8 Å². The Bertz CT molecular complexity index is 1680. The normalized spacial score (nSPS) is 15.2. The number of carbonyl (C=O) groups excluding carboxylic acids is 1. The highest BCUT2D eigenvalue weighted by atomic mass is 16.5. The first-order valence-corrected chi connectivity index (χ1v) is 11.4. The first kappa shape index (κ1) is 21.8. The summed E-state index contributed by atoms with van der Waals surface area (Å²) in [5.41, 5.74) is 15.8. The SMILES string of the molecule is Cn1cc(-c2ccc(C3OCCn4c3c(C(N)=O)c(=O)n4-c3ccccc3)cc2)c2c(N)ncnc21. The van der Waals surface area contributed by atoms with E-state index in [9.17, 15) is 9.59 Å². The van der Waals surface area contributed by atoms with E-state index < -0.39 is 17.6 Å². The highest BCUT2D eigenvalue weighted by Crippen LogP contribution is 2.35. The predicted octanol–water partition coefficient (Wildman–Crippen LogP) is 2.39. The fourth-order valence-corrected chi connectivity index (χ4v) is 4.99. The molecule has 1 aliphatic heterocycles. The molecule has 10 heteroatoms. The van der Waals surface area contributed by atoms with Crippen LogP contribution in [0.1, 0.15) is 27.7 Å². The van der Waals surface area contributed by atoms with Gasteiger partial charge < -0.3 is 20.8 Å². The lowest BCUT2D eigenvalue weighted by atomic mass is 9.98. The number of hydrogen-bond acceptors (Lipinski definition) is 6. The van der Waals surface area contributed by atoms with Gasteiger partial charge in [-0.15, -0.1) is 0 Å². The van der Waals surface area contributed by atoms with Gasteiger partial charge in [-0.3, -0.25) is 14.3 Å². The minimum Gasteiger partial charge on any atom is -0.383 e. The molecule has 180 valence electrons. The maximum atomic E-state index is 13.3. The number of rotatable bonds is 4. The number of nitrogens with zero attached hydrogens (tertiary/aromatic N) is 5. The molecule has 1 aliphatic rings. The highest BCUT2D eigenvalue weighted by Gasteiger charge is 2.34. The molecule has 2 aromatic carbocycles. The van der Waals surface area contributed by atoms with E-state index in [-0.39, 0.29) is 5.56 Å². The molecule has 0 radical (unpaired) electrons. The van der Waals surface area contributed by atoms with E-state index in [0.717, 1.165) is 27.7 Å². The molecular weight excluding hydrogens is 458 g/mol. The summed E-state index contributed by atoms with van der Waals surface area (Å²) in [6, 6.07) is 16.9. The van der Waals surface area contributed by atoms with Gasteiger partial charge in [-0.25, -0.2) is 14.6 Å². The molecule has 1 unspecified atom stereocenters. The Labute approximate surface area is 205 Å². The van der Waals surface area contributed by atoms with Crippen LogP contribution >= 0.6 is 0 Å². The van der Waals surface area contributed by atoms with Crippen LogP contribution in [0.5, 0.6) is 0 Å². The molecule has 36 heavy (non-hydrogen) atoms. The second-order valence-electron chi connectivity index (χ2n) is 8.68. The Hall–Kier alpha value is -4.70. The number of nitrogen functional groups attached to an aromatic ring is 1. The number of para-hydroxylation sites is 1. The Morgan fingerprint density at radius 1 is 1.08 bits per heavy atom. The van der Waals surface area contributed by atoms with Crippen molar-refractivity contribution < 1.29 is 9.53 Å². The molecule has 10 nitrogen and oxygen atoms in total. The zero-order valence-electron chi connectivity index (χ0n) is 19.5. The monoisotopic (exact) mass is 481 g/mol. The number of carbonyl (C=O) groups is 1. The van der Waals surface area contributed by atoms with Crippen LogP contribution in [0.3, 0.4) is 0 Å². The average Bonchev–Trinajstić information content (AvgIpc) is 3.39. The smallest absolute Gasteiger partial charge is 0.284 e. The van der Waals surface area contributed by atoms with E-state index >= 15 is 0 Å². The molecule has 0 spiro atoms. The van der Waals surface area contributed by atoms with E-state index in [1.165, 1.54) is 11.0 Å². The molecule has 1 amide bonds. The topological polar surface area (TPSA) is 136 Å². The van der Waals surface area contributed by atoms with Crippen molar-refractivity contribution in [1.29, 1.82) is 0 Å². The lowest BCUT2D eigenvalue weighted by molar-refractivity contribution is 0.0390. The largest absolute Gasteiger partial charge is 0.383 e. The third kappa shape index (κ3) is 3.23. The van der Waals surface area contributed by atoms with Crippen LogP contribution in [0, 0.1) is 0 Å². The van der Waals surface area contributed by atoms with Crippen LogP contribution in [-0.2, 0) is 18.3 Å². The molecule has 0 aliphatic carbocycles. The second kappa shape index (κ2) is 8.21. The maximum Gasteiger partial charge on any atom is 0.284 e. The Morgan fingerprint density at radius 2 is 1.83 bits per heavy atom. The van der Waals surface area contributed by atoms with Gasteiger partial charge in [0, 0.05) is 18.8 Å². The van der Waals surface area contributed by atoms with E-state index in [1.807, 2.05) is 72.4 Å². The summed E-state index contributed by atoms with van der Waals surface area (Å²) in [7, 11) is 1.91. The van der Waals surface area contributed by atoms with Crippen LogP contribution in [0.15, 0.2) is 71.9 Å². The van der Waals surface area contributed by atoms with Gasteiger partial charge in [0.15, 0.2) is 0 Å². The van der Waals surface area contributed by atoms with Crippen LogP contribution in [-0.4, -0.2) is 36.4 Å². The summed E-state index contributed by atoms with van der Waals surface area (Å²) in [4.78, 5) is 34.2. The predicted molar refractivity (Wildman–Crippen MR) is 135 cm³/mol. The van der Waals surface area contributed by atoms with E-state index in [1.54, 1.807) is 4.68 Å². The lowest BCUT2D eigenvalue weighted by Gasteiger charge is -2.27. The molecule has 0 bridgehead atoms. The Morgan fingerprint density at radius 3 is 2.56 bits per heavy atom. The quantitative estimate of drug-likeness (QED) is 0.405. The minimum absolute atomic E-state index is 0.0633. The van der Waals surface area contributed by atoms with Crippen molar-refractivity contribution in [2.45, 2.75) is 12.6 Å². The van der Waals surface area contributed by atoms with Gasteiger partial charge in [-0.05, 0) is 23.3 Å². The van der Waals surface area contributed by atoms with Gasteiger partial charge >= 0.3 is 0 Å². The third-order valence-corrected chi connectivity index (χ3v) is 6.57. The number of nitrogens with two attached hydrogens (primary N) is 2. The first-order valence-electron chi connectivity index (χ1n) is 11.4. The molecular formula is C26H23N7O3. The molecule has 0 saturated carbocycles. The van der Waals surface area contributed by atoms with Crippen molar-refractivity contribution in [2.24, 2.45) is 12.8 Å². The van der Waals surface area contributed by atoms with Crippen molar-refractivity contribution in [3.63, 3.8) is 0 Å². The van der Waals surface area contributed by atoms with Gasteiger partial charge in [0.05, 0.1) is 29.9 Å². The number of benzene rings is 2. The summed E-state index contributed by atoms with van der Waals surface area (Å²) in [5, 5.41) is 0.784. The number of aryl methyl sites for hydroxylation is 1. The van der Waals surface area contributed by atoms with Crippen LogP contribution in [0.4, 0.5) is 5.82 Å². The minimum atomic E-state index is -0.781. The van der Waals surface area contributed by atoms with Crippen LogP contribution < -0.4 is 17.0 Å². The van der Waals surface area contributed by atoms with E-state index in [4.69, 9.17) is 16.2 Å². The number of ether oxygens (including phenoxy) is 1. The molecule has 4 N–H and O–H groups in total. The van der Waals surface area contributed by atoms with E-state index in [2.05, 4.69) is 9.97 Å². The zero-order chi connectivity index (χ0) is 25.0. The number of fused-ring (bicyclic) bond motifs is 2. The third-order valence-electron chi connectivity index (χ3n) is 6.57. The van der Waals surface area contributed by atoms with Crippen molar-refractivity contribution in [3.8, 4) is 16.8 Å². The molecule has 4 heterocycles. The lowest BCUT2D eigenvalue weighted by Crippen LogP contribution is -2.28. The maximum absolute atomic E-state index is 13.3. The number of amides is 1. The van der Waals surface area contributed by atoms with Gasteiger partial charge in [0.25, 0.3) is 11.5 Å². The number of anilines is 1. The molecule has 0 saturated heterocycles. The number of primary amides is 1. The van der Waals surface area contributed by atoms with Gasteiger partial charge in [0.2, 0.25) is 0 Å². The Kier molecular flexibility index (Phi) is 4.97. The average molecular weight is 482 g/mol. The standard InChI is InChI=1S/C26H23N7O3/c1-31-13-18(19-23(27)29-14-30-25(19)31)15-7-9-16(10-8-15)22-21-20(24(28)34)26(35)33(32(21)11-12-36-22)17-5-3-2-4-6-17/h2-10,13-14,22H,11-12H2,1H3,(H2,28,34)(H2,27,29,30). The molecule has 5 aromatic rings. The fraction of sp³-hybridized carbons (Fsp3) is 0.154. The molecule has 6 rings (SSSR count). The molecule has 0 fully saturated rings. The Balaban J connectivity index is 1.47. The van der Waals surface area contributed by atoms with Crippen LogP contribution in [0.2, 0.25) is 0 Å². The summed E-state index contributed by atoms with van der Waals surface area (Å²) in [6.07, 6.45) is 2.78. The second-order valence-corrected chi connectivity index (χ2v) is 8.68. The number of aromatic nitrogens is 5. The fourth-order valence-electron chi connectivity index (χ4n) is 4.99. The van der Waals surface area contributed by atoms with Gasteiger partial charge in [-0.1, -0.05) is 42.5 Å².